The van der Waals surface area contributed by atoms with E-state index in [0.717, 1.165) is 44.7 Å². The Morgan fingerprint density at radius 2 is 1.86 bits per heavy atom. The van der Waals surface area contributed by atoms with Crippen molar-refractivity contribution in [2.75, 3.05) is 31.9 Å². The lowest BCUT2D eigenvalue weighted by molar-refractivity contribution is -0.128. The molecule has 0 N–H and O–H groups in total. The van der Waals surface area contributed by atoms with Gasteiger partial charge in [0.05, 0.1) is 17.4 Å². The maximum atomic E-state index is 12.6. The monoisotopic (exact) mass is 447 g/mol. The van der Waals surface area contributed by atoms with Gasteiger partial charge in [0, 0.05) is 48.5 Å². The first kappa shape index (κ1) is 22.0. The van der Waals surface area contributed by atoms with Gasteiger partial charge in [-0.2, -0.15) is 5.26 Å². The third-order valence-corrected chi connectivity index (χ3v) is 6.48. The molecule has 4 nitrogen and oxygen atoms in total. The summed E-state index contributed by atoms with van der Waals surface area (Å²) in [6.07, 6.45) is 0.968. The van der Waals surface area contributed by atoms with Crippen molar-refractivity contribution in [3.8, 4) is 6.07 Å². The van der Waals surface area contributed by atoms with Crippen LogP contribution in [0, 0.1) is 11.3 Å². The molecule has 0 radical (unpaired) electrons. The summed E-state index contributed by atoms with van der Waals surface area (Å²) in [5.74, 6) is 1.33. The highest BCUT2D eigenvalue weighted by Gasteiger charge is 2.19. The smallest absolute Gasteiger partial charge is 0.232 e. The Bertz CT molecular complexity index is 883. The van der Waals surface area contributed by atoms with Crippen LogP contribution in [0.3, 0.4) is 0 Å². The Balaban J connectivity index is 1.44. The summed E-state index contributed by atoms with van der Waals surface area (Å²) in [7, 11) is 0. The lowest BCUT2D eigenvalue weighted by Gasteiger charge is -2.22. The molecule has 1 heterocycles. The zero-order valence-electron chi connectivity index (χ0n) is 16.1. The van der Waals surface area contributed by atoms with Crippen molar-refractivity contribution >= 4 is 40.9 Å². The van der Waals surface area contributed by atoms with Gasteiger partial charge in [0.15, 0.2) is 0 Å². The summed E-state index contributed by atoms with van der Waals surface area (Å²) in [6.45, 7) is 4.22. The molecule has 2 aromatic carbocycles. The van der Waals surface area contributed by atoms with Crippen molar-refractivity contribution < 1.29 is 4.79 Å². The lowest BCUT2D eigenvalue weighted by Crippen LogP contribution is -2.36. The molecular formula is C22H23Cl2N3OS. The van der Waals surface area contributed by atoms with Gasteiger partial charge in [-0.15, -0.1) is 11.8 Å². The first-order valence-corrected chi connectivity index (χ1v) is 11.5. The molecule has 29 heavy (non-hydrogen) atoms. The van der Waals surface area contributed by atoms with Crippen LogP contribution in [0.5, 0.6) is 0 Å². The van der Waals surface area contributed by atoms with E-state index in [9.17, 15) is 4.79 Å². The Labute approximate surface area is 186 Å². The van der Waals surface area contributed by atoms with Crippen molar-refractivity contribution in [1.29, 1.82) is 5.26 Å². The number of nitriles is 1. The number of carbonyl (C=O) groups is 1. The normalized spacial score (nSPS) is 15.0. The highest BCUT2D eigenvalue weighted by atomic mass is 35.5. The quantitative estimate of drug-likeness (QED) is 0.635. The second kappa shape index (κ2) is 10.9. The molecule has 0 aliphatic carbocycles. The minimum Gasteiger partial charge on any atom is -0.341 e. The van der Waals surface area contributed by atoms with E-state index in [1.807, 2.05) is 41.3 Å². The molecular weight excluding hydrogens is 425 g/mol. The van der Waals surface area contributed by atoms with Crippen LogP contribution < -0.4 is 0 Å². The van der Waals surface area contributed by atoms with Crippen LogP contribution in [-0.2, 0) is 17.1 Å². The second-order valence-electron chi connectivity index (χ2n) is 7.05. The van der Waals surface area contributed by atoms with Crippen LogP contribution in [-0.4, -0.2) is 47.6 Å². The van der Waals surface area contributed by atoms with Gasteiger partial charge < -0.3 is 4.90 Å². The van der Waals surface area contributed by atoms with Gasteiger partial charge in [0.1, 0.15) is 0 Å². The third-order valence-electron chi connectivity index (χ3n) is 4.93. The molecule has 1 saturated heterocycles. The molecule has 2 aromatic rings. The van der Waals surface area contributed by atoms with E-state index in [1.165, 1.54) is 5.56 Å². The molecule has 0 aromatic heterocycles. The zero-order chi connectivity index (χ0) is 20.6. The van der Waals surface area contributed by atoms with Crippen LogP contribution >= 0.6 is 35.0 Å². The van der Waals surface area contributed by atoms with E-state index >= 15 is 0 Å². The number of benzene rings is 2. The maximum Gasteiger partial charge on any atom is 0.232 e. The summed E-state index contributed by atoms with van der Waals surface area (Å²) in [5, 5.41) is 10.2. The largest absolute Gasteiger partial charge is 0.341 e. The lowest BCUT2D eigenvalue weighted by atomic mass is 10.1. The number of hydrogen-bond acceptors (Lipinski definition) is 4. The molecule has 0 atom stereocenters. The predicted molar refractivity (Wildman–Crippen MR) is 120 cm³/mol. The first-order valence-electron chi connectivity index (χ1n) is 9.56. The molecule has 0 spiro atoms. The van der Waals surface area contributed by atoms with Gasteiger partial charge in [-0.25, -0.2) is 0 Å². The molecule has 1 aliphatic heterocycles. The first-order chi connectivity index (χ1) is 14.0. The fraction of sp³-hybridized carbons (Fsp3) is 0.364. The van der Waals surface area contributed by atoms with Gasteiger partial charge in [-0.1, -0.05) is 41.4 Å². The molecule has 3 rings (SSSR count). The SMILES string of the molecule is N#Cc1ccc(CN2CCCN(C(=O)CSCc3ccc(Cl)cc3Cl)CC2)cc1. The molecule has 0 bridgehead atoms. The Morgan fingerprint density at radius 3 is 2.59 bits per heavy atom. The molecule has 7 heteroatoms. The summed E-state index contributed by atoms with van der Waals surface area (Å²) in [6, 6.07) is 15.3. The number of amides is 1. The molecule has 0 saturated carbocycles. The van der Waals surface area contributed by atoms with Crippen molar-refractivity contribution in [3.63, 3.8) is 0 Å². The minimum absolute atomic E-state index is 0.181. The van der Waals surface area contributed by atoms with E-state index in [1.54, 1.807) is 17.8 Å². The highest BCUT2D eigenvalue weighted by Crippen LogP contribution is 2.25. The van der Waals surface area contributed by atoms with Gasteiger partial charge in [-0.05, 0) is 41.8 Å². The average molecular weight is 448 g/mol. The number of carbonyl (C=O) groups excluding carboxylic acids is 1. The highest BCUT2D eigenvalue weighted by molar-refractivity contribution is 7.99. The third kappa shape index (κ3) is 6.65. The van der Waals surface area contributed by atoms with Crippen molar-refractivity contribution in [2.24, 2.45) is 0 Å². The van der Waals surface area contributed by atoms with E-state index in [0.29, 0.717) is 27.1 Å². The van der Waals surface area contributed by atoms with Gasteiger partial charge in [-0.3, -0.25) is 9.69 Å². The van der Waals surface area contributed by atoms with E-state index in [4.69, 9.17) is 28.5 Å². The van der Waals surface area contributed by atoms with Gasteiger partial charge >= 0.3 is 0 Å². The topological polar surface area (TPSA) is 47.3 Å². The number of thioether (sulfide) groups is 1. The van der Waals surface area contributed by atoms with Gasteiger partial charge in [0.2, 0.25) is 5.91 Å². The number of rotatable bonds is 6. The van der Waals surface area contributed by atoms with Crippen LogP contribution in [0.4, 0.5) is 0 Å². The fourth-order valence-electron chi connectivity index (χ4n) is 3.30. The summed E-state index contributed by atoms with van der Waals surface area (Å²) in [5.41, 5.74) is 2.87. The molecule has 0 unspecified atom stereocenters. The van der Waals surface area contributed by atoms with Gasteiger partial charge in [0.25, 0.3) is 0 Å². The molecule has 1 aliphatic rings. The maximum absolute atomic E-state index is 12.6. The fourth-order valence-corrected chi connectivity index (χ4v) is 4.79. The Kier molecular flexibility index (Phi) is 8.26. The standard InChI is InChI=1S/C22H23Cl2N3OS/c23-20-7-6-19(21(24)12-20)15-29-16-22(28)27-9-1-8-26(10-11-27)14-18-4-2-17(13-25)3-5-18/h2-7,12H,1,8-11,14-16H2. The number of halogens is 2. The molecule has 152 valence electrons. The summed E-state index contributed by atoms with van der Waals surface area (Å²) in [4.78, 5) is 17.0. The summed E-state index contributed by atoms with van der Waals surface area (Å²) >= 11 is 13.7. The van der Waals surface area contributed by atoms with Crippen molar-refractivity contribution in [1.82, 2.24) is 9.80 Å². The van der Waals surface area contributed by atoms with Crippen LogP contribution in [0.25, 0.3) is 0 Å². The van der Waals surface area contributed by atoms with Crippen molar-refractivity contribution in [3.05, 3.63) is 69.2 Å². The van der Waals surface area contributed by atoms with Crippen molar-refractivity contribution in [2.45, 2.75) is 18.7 Å². The summed E-state index contributed by atoms with van der Waals surface area (Å²) < 4.78 is 0. The minimum atomic E-state index is 0.181. The predicted octanol–water partition coefficient (Wildman–Crippen LogP) is 4.83. The van der Waals surface area contributed by atoms with E-state index in [2.05, 4.69) is 11.0 Å². The molecule has 1 fully saturated rings. The second-order valence-corrected chi connectivity index (χ2v) is 8.88. The Morgan fingerprint density at radius 1 is 1.07 bits per heavy atom. The van der Waals surface area contributed by atoms with E-state index < -0.39 is 0 Å². The Hall–Kier alpha value is -1.71. The average Bonchev–Trinajstić information content (AvgIpc) is 2.96. The van der Waals surface area contributed by atoms with Crippen LogP contribution in [0.1, 0.15) is 23.1 Å². The number of hydrogen-bond donors (Lipinski definition) is 0. The number of nitrogens with zero attached hydrogens (tertiary/aromatic N) is 3. The molecule has 1 amide bonds. The van der Waals surface area contributed by atoms with Crippen LogP contribution in [0.15, 0.2) is 42.5 Å². The zero-order valence-corrected chi connectivity index (χ0v) is 18.4. The van der Waals surface area contributed by atoms with E-state index in [-0.39, 0.29) is 5.91 Å². The van der Waals surface area contributed by atoms with Crippen LogP contribution in [0.2, 0.25) is 10.0 Å².